The summed E-state index contributed by atoms with van der Waals surface area (Å²) in [4.78, 5) is 38.9. The van der Waals surface area contributed by atoms with Crippen LogP contribution in [0.5, 0.6) is 0 Å². The summed E-state index contributed by atoms with van der Waals surface area (Å²) >= 11 is 0. The number of ether oxygens (including phenoxy) is 6. The van der Waals surface area contributed by atoms with Gasteiger partial charge >= 0.3 is 0 Å². The second-order valence-electron chi connectivity index (χ2n) is 43.0. The first kappa shape index (κ1) is 57.7. The molecule has 12 nitrogen and oxygen atoms in total. The van der Waals surface area contributed by atoms with Crippen molar-refractivity contribution in [2.45, 2.75) is 68.7 Å². The van der Waals surface area contributed by atoms with Crippen LogP contribution in [0.4, 0.5) is 0 Å². The van der Waals surface area contributed by atoms with Gasteiger partial charge in [-0.15, -0.1) is 0 Å². The number of hydrogen-bond acceptors (Lipinski definition) is 12. The molecule has 3 saturated carbocycles. The summed E-state index contributed by atoms with van der Waals surface area (Å²) < 4.78 is 49.3. The molecule has 3 fully saturated rings. The highest BCUT2D eigenvalue weighted by Gasteiger charge is 3.05. The molecule has 0 radical (unpaired) electrons. The van der Waals surface area contributed by atoms with Crippen LogP contribution in [0.25, 0.3) is 226 Å². The number of nitrogens with zero attached hydrogens (tertiary/aromatic N) is 6. The van der Waals surface area contributed by atoms with Crippen LogP contribution >= 0.6 is 0 Å². The molecule has 0 saturated heterocycles. The lowest BCUT2D eigenvalue weighted by molar-refractivity contribution is 0.273. The molecule has 582 valence electrons. The molecular formula is C117H48N6O6. The molecule has 0 amide bonds. The Hall–Kier alpha value is -14.9. The molecule has 0 bridgehead atoms. The third-order valence-electron chi connectivity index (χ3n) is 41.1. The Bertz CT molecular complexity index is 9340. The zero-order chi connectivity index (χ0) is 80.0. The monoisotopic (exact) mass is 1630 g/mol. The van der Waals surface area contributed by atoms with Crippen LogP contribution in [-0.4, -0.2) is 75.0 Å². The van der Waals surface area contributed by atoms with Crippen molar-refractivity contribution in [3.63, 3.8) is 0 Å². The third-order valence-corrected chi connectivity index (χ3v) is 41.1. The summed E-state index contributed by atoms with van der Waals surface area (Å²) in [5.74, 6) is 4.69. The molecule has 21 aliphatic rings. The van der Waals surface area contributed by atoms with E-state index in [-0.39, 0.29) is 36.3 Å². The highest BCUT2D eigenvalue weighted by molar-refractivity contribution is 6.74. The van der Waals surface area contributed by atoms with E-state index < -0.39 is 48.7 Å². The lowest BCUT2D eigenvalue weighted by Crippen LogP contribution is -2.36. The molecule has 6 unspecified atom stereocenters. The van der Waals surface area contributed by atoms with E-state index in [1.165, 1.54) is 293 Å². The molecule has 0 aromatic heterocycles. The SMILES string of the molecule is c1ccc([C@H]2COC(C3(C4=N[C@@H](c5ccccc5)CO4)C45c6c7c8c9c%10c%11c%12c%13c%14c%15c%16c%17c(c8c8c6c6c%18c%19c%20c(c%21c%22c4c7c%10c4c%22c7c%21c%10c%21c%22c(c%23c%14c%14c%24c%25c(c(c%20%10)C%21%10C(C%20=N[C@@H](c%21ccccc%21)CO%20)(C%20=N[C@@H](c%21ccccc%21)CO%20)C%23%24%10)c%19c%10c6c8c%17c(c%14%16)c%25%10)c%13c(c%114)c%227)C%1835)C93C(C4=N[C@@H](c5ccccc5)CO4)(C4=N[C@@H](c5ccccc5)CO4)C%15%123)=N2)cc1. The van der Waals surface area contributed by atoms with Gasteiger partial charge in [-0.05, 0) is 326 Å². The molecule has 47 rings (SSSR count). The maximum Gasteiger partial charge on any atom is 0.202 e. The molecule has 12 heteroatoms. The van der Waals surface area contributed by atoms with Crippen LogP contribution in [0.2, 0.25) is 0 Å². The van der Waals surface area contributed by atoms with Crippen molar-refractivity contribution >= 4 is 262 Å². The molecule has 6 spiro atoms. The van der Waals surface area contributed by atoms with Crippen LogP contribution < -0.4 is 0 Å². The van der Waals surface area contributed by atoms with Crippen molar-refractivity contribution in [1.29, 1.82) is 0 Å². The molecule has 15 aliphatic carbocycles. The second kappa shape index (κ2) is 15.5. The highest BCUT2D eigenvalue weighted by Crippen LogP contribution is 3.04. The van der Waals surface area contributed by atoms with Gasteiger partial charge in [0.25, 0.3) is 0 Å². The first-order chi connectivity index (χ1) is 64.1. The summed E-state index contributed by atoms with van der Waals surface area (Å²) in [5.41, 5.74) is 15.6. The van der Waals surface area contributed by atoms with Gasteiger partial charge in [0.05, 0.1) is 32.5 Å². The van der Waals surface area contributed by atoms with Crippen LogP contribution in [-0.2, 0) is 60.9 Å². The van der Waals surface area contributed by atoms with Crippen molar-refractivity contribution in [2.24, 2.45) is 46.2 Å². The van der Waals surface area contributed by atoms with Gasteiger partial charge in [0, 0.05) is 0 Å². The predicted octanol–water partition coefficient (Wildman–Crippen LogP) is 23.4. The Morgan fingerprint density at radius 3 is 0.380 bits per heavy atom. The summed E-state index contributed by atoms with van der Waals surface area (Å²) in [6.45, 7) is 2.39. The lowest BCUT2D eigenvalue weighted by Gasteiger charge is -2.32. The number of aliphatic imine (C=N–C) groups is 6. The number of rotatable bonds is 12. The van der Waals surface area contributed by atoms with E-state index in [9.17, 15) is 0 Å². The molecule has 26 aromatic carbocycles. The molecule has 6 heterocycles. The first-order valence-corrected chi connectivity index (χ1v) is 47.0. The third kappa shape index (κ3) is 3.96. The predicted molar refractivity (Wildman–Crippen MR) is 503 cm³/mol. The molecule has 0 N–H and O–H groups in total. The summed E-state index contributed by atoms with van der Waals surface area (Å²) in [7, 11) is 0. The zero-order valence-corrected chi connectivity index (χ0v) is 67.7. The van der Waals surface area contributed by atoms with Crippen LogP contribution in [0, 0.1) is 16.2 Å². The highest BCUT2D eigenvalue weighted by atomic mass is 16.5. The Balaban J connectivity index is 0.769. The van der Waals surface area contributed by atoms with E-state index in [1.54, 1.807) is 0 Å². The Morgan fingerprint density at radius 1 is 0.140 bits per heavy atom. The van der Waals surface area contributed by atoms with Gasteiger partial charge in [-0.1, -0.05) is 182 Å². The largest absolute Gasteiger partial charge is 0.477 e. The van der Waals surface area contributed by atoms with E-state index >= 15 is 0 Å². The topological polar surface area (TPSA) is 130 Å². The van der Waals surface area contributed by atoms with Gasteiger partial charge in [0.15, 0.2) is 16.2 Å². The fraction of sp³-hybridized carbons (Fsp3) is 0.179. The van der Waals surface area contributed by atoms with Gasteiger partial charge in [-0.2, -0.15) is 0 Å². The quantitative estimate of drug-likeness (QED) is 0.112. The van der Waals surface area contributed by atoms with Gasteiger partial charge < -0.3 is 28.4 Å². The summed E-state index contributed by atoms with van der Waals surface area (Å²) in [5, 5.41) is 61.5. The van der Waals surface area contributed by atoms with Gasteiger partial charge in [0.2, 0.25) is 35.4 Å². The van der Waals surface area contributed by atoms with E-state index in [4.69, 9.17) is 58.4 Å². The van der Waals surface area contributed by atoms with Gasteiger partial charge in [-0.3, -0.25) is 0 Å². The van der Waals surface area contributed by atoms with Crippen molar-refractivity contribution in [3.05, 3.63) is 282 Å². The van der Waals surface area contributed by atoms with Crippen LogP contribution in [0.1, 0.15) is 136 Å². The van der Waals surface area contributed by atoms with Crippen molar-refractivity contribution in [3.8, 4) is 0 Å². The average molecular weight is 1630 g/mol. The van der Waals surface area contributed by atoms with E-state index in [0.29, 0.717) is 39.6 Å². The fourth-order valence-corrected chi connectivity index (χ4v) is 39.4. The first-order valence-electron chi connectivity index (χ1n) is 47.0. The van der Waals surface area contributed by atoms with Crippen molar-refractivity contribution in [1.82, 2.24) is 0 Å². The normalized spacial score (nSPS) is 30.7. The van der Waals surface area contributed by atoms with Crippen molar-refractivity contribution < 1.29 is 28.4 Å². The summed E-state index contributed by atoms with van der Waals surface area (Å²) in [6, 6.07) is 64.9. The van der Waals surface area contributed by atoms with E-state index in [1.807, 2.05) is 0 Å². The Labute approximate surface area is 722 Å². The van der Waals surface area contributed by atoms with Crippen LogP contribution in [0.15, 0.2) is 212 Å². The van der Waals surface area contributed by atoms with Crippen LogP contribution in [0.3, 0.4) is 0 Å². The average Bonchev–Trinajstić information content (AvgIpc) is 1.33. The number of benzene rings is 20. The van der Waals surface area contributed by atoms with Gasteiger partial charge in [0.1, 0.15) is 75.9 Å². The van der Waals surface area contributed by atoms with Gasteiger partial charge in [-0.25, -0.2) is 30.0 Å². The Kier molecular flexibility index (Phi) is 6.92. The fourth-order valence-electron chi connectivity index (χ4n) is 39.4. The minimum absolute atomic E-state index is 0.288. The molecule has 129 heavy (non-hydrogen) atoms. The summed E-state index contributed by atoms with van der Waals surface area (Å²) in [6.07, 6.45) is 0. The Morgan fingerprint density at radius 2 is 0.248 bits per heavy atom. The maximum absolute atomic E-state index is 8.22. The second-order valence-corrected chi connectivity index (χ2v) is 43.0. The molecule has 12 atom stereocenters. The van der Waals surface area contributed by atoms with Crippen molar-refractivity contribution in [2.75, 3.05) is 39.6 Å². The number of hydrogen-bond donors (Lipinski definition) is 0. The van der Waals surface area contributed by atoms with E-state index in [0.717, 1.165) is 68.8 Å². The maximum atomic E-state index is 8.22. The minimum Gasteiger partial charge on any atom is -0.477 e. The minimum atomic E-state index is -1.17. The molecule has 6 aliphatic heterocycles. The smallest absolute Gasteiger partial charge is 0.202 e. The van der Waals surface area contributed by atoms with E-state index in [2.05, 4.69) is 182 Å². The molecule has 26 aromatic rings. The molecular weight excluding hydrogens is 1590 g/mol. The zero-order valence-electron chi connectivity index (χ0n) is 67.7. The standard InChI is InChI=1S/C117H48N6O6/c1-7-19-37(20-8-1)43-31-124-103(118-43)115(104-119-44(32-125-104)38-21-9-2-10-22-38)109-91-68-56-50-58-54-59-51(56)63-75-69(59)95-83-66(54)78-72(58)94-82-62(50)74(68)98-86-80-64-52-55-49-57-53-60(52)70-76(64)100(88(82)86)112(94)114(117(112,107-122-47(35-128-107)41-27-15-5-16-28-41)108-123-48(36-129-108)42-29-17-6-18-30-42)96(70)84-65(53)77-71(57)93-81-61(49)73(67(55)92(80)110(98,109)115)97(109)85(79(63)91)87(81)99(75)111(93)113(95,101(77)89(83)90(84)102(78)114)116(111,105-120-45(33-126-105)39-23-11-3-12-24-39)106-121-46(34-127-106)40-25-13-4-14-26-40/h1-30,43-48H,31-36H2/t43-,44-,45-,46-,47-,48-,109?,110?,111?,112?,113?,114?/m1/s1. The lowest BCUT2D eigenvalue weighted by atomic mass is 9.67.